The van der Waals surface area contributed by atoms with Crippen molar-refractivity contribution in [2.45, 2.75) is 0 Å². The third kappa shape index (κ3) is 2.82. The molecule has 3 rings (SSSR count). The summed E-state index contributed by atoms with van der Waals surface area (Å²) in [6.07, 6.45) is 2.53. The zero-order chi connectivity index (χ0) is 13.8. The van der Waals surface area contributed by atoms with Crippen molar-refractivity contribution >= 4 is 18.0 Å². The van der Waals surface area contributed by atoms with E-state index in [9.17, 15) is 4.79 Å². The number of morpholine rings is 1. The molecule has 1 amide bonds. The molecule has 0 aliphatic carbocycles. The van der Waals surface area contributed by atoms with Crippen molar-refractivity contribution in [2.24, 2.45) is 0 Å². The first-order valence-electron chi connectivity index (χ1n) is 6.96. The molecule has 0 unspecified atom stereocenters. The highest BCUT2D eigenvalue weighted by molar-refractivity contribution is 5.52. The van der Waals surface area contributed by atoms with Crippen LogP contribution in [-0.4, -0.2) is 73.8 Å². The molecule has 0 aromatic carbocycles. The first-order chi connectivity index (χ1) is 9.86. The number of amides is 1. The van der Waals surface area contributed by atoms with Crippen molar-refractivity contribution in [1.29, 1.82) is 0 Å². The summed E-state index contributed by atoms with van der Waals surface area (Å²) in [5.74, 6) is 1.89. The fourth-order valence-electron chi connectivity index (χ4n) is 2.53. The third-order valence-corrected chi connectivity index (χ3v) is 3.76. The summed E-state index contributed by atoms with van der Waals surface area (Å²) in [6.45, 7) is 6.37. The molecule has 1 aromatic rings. The van der Waals surface area contributed by atoms with Crippen LogP contribution in [-0.2, 0) is 9.53 Å². The van der Waals surface area contributed by atoms with E-state index < -0.39 is 0 Å². The first kappa shape index (κ1) is 13.1. The van der Waals surface area contributed by atoms with E-state index in [0.717, 1.165) is 70.5 Å². The van der Waals surface area contributed by atoms with Gasteiger partial charge in [0.2, 0.25) is 6.41 Å². The van der Waals surface area contributed by atoms with Crippen molar-refractivity contribution in [3.63, 3.8) is 0 Å². The van der Waals surface area contributed by atoms with Gasteiger partial charge in [-0.1, -0.05) is 0 Å². The van der Waals surface area contributed by atoms with Crippen LogP contribution in [0.2, 0.25) is 0 Å². The standard InChI is InChI=1S/C13H19N5O2/c19-11-16-1-3-17(4-2-16)12-9-13(15-10-14-12)18-5-7-20-8-6-18/h9-11H,1-8H2. The molecule has 0 bridgehead atoms. The summed E-state index contributed by atoms with van der Waals surface area (Å²) >= 11 is 0. The Morgan fingerprint density at radius 1 is 0.950 bits per heavy atom. The zero-order valence-electron chi connectivity index (χ0n) is 11.4. The molecule has 1 aromatic heterocycles. The Morgan fingerprint density at radius 2 is 1.55 bits per heavy atom. The van der Waals surface area contributed by atoms with Gasteiger partial charge < -0.3 is 19.4 Å². The molecular weight excluding hydrogens is 258 g/mol. The van der Waals surface area contributed by atoms with Gasteiger partial charge in [0, 0.05) is 45.3 Å². The highest BCUT2D eigenvalue weighted by Gasteiger charge is 2.19. The number of hydrogen-bond acceptors (Lipinski definition) is 6. The van der Waals surface area contributed by atoms with E-state index in [1.807, 2.05) is 6.07 Å². The SMILES string of the molecule is O=CN1CCN(c2cc(N3CCOCC3)ncn2)CC1. The molecule has 2 aliphatic rings. The van der Waals surface area contributed by atoms with E-state index >= 15 is 0 Å². The largest absolute Gasteiger partial charge is 0.378 e. The average molecular weight is 277 g/mol. The Labute approximate surface area is 118 Å². The fraction of sp³-hybridized carbons (Fsp3) is 0.615. The van der Waals surface area contributed by atoms with Gasteiger partial charge in [-0.05, 0) is 0 Å². The van der Waals surface area contributed by atoms with E-state index in [0.29, 0.717) is 0 Å². The number of aromatic nitrogens is 2. The molecule has 0 spiro atoms. The monoisotopic (exact) mass is 277 g/mol. The van der Waals surface area contributed by atoms with Crippen molar-refractivity contribution < 1.29 is 9.53 Å². The summed E-state index contributed by atoms with van der Waals surface area (Å²) in [4.78, 5) is 25.7. The molecule has 0 N–H and O–H groups in total. The zero-order valence-corrected chi connectivity index (χ0v) is 11.4. The Balaban J connectivity index is 1.69. The maximum absolute atomic E-state index is 10.7. The maximum atomic E-state index is 10.7. The normalized spacial score (nSPS) is 20.1. The van der Waals surface area contributed by atoms with Crippen molar-refractivity contribution in [3.8, 4) is 0 Å². The van der Waals surface area contributed by atoms with Gasteiger partial charge in [0.05, 0.1) is 13.2 Å². The van der Waals surface area contributed by atoms with Gasteiger partial charge in [-0.25, -0.2) is 9.97 Å². The fourth-order valence-corrected chi connectivity index (χ4v) is 2.53. The Kier molecular flexibility index (Phi) is 3.96. The molecule has 7 heteroatoms. The van der Waals surface area contributed by atoms with Gasteiger partial charge in [-0.3, -0.25) is 4.79 Å². The molecule has 108 valence electrons. The van der Waals surface area contributed by atoms with Crippen LogP contribution >= 0.6 is 0 Å². The van der Waals surface area contributed by atoms with Gasteiger partial charge >= 0.3 is 0 Å². The van der Waals surface area contributed by atoms with Crippen LogP contribution in [0.15, 0.2) is 12.4 Å². The Morgan fingerprint density at radius 3 is 2.15 bits per heavy atom. The van der Waals surface area contributed by atoms with E-state index in [2.05, 4.69) is 19.8 Å². The first-order valence-corrected chi connectivity index (χ1v) is 6.96. The molecule has 3 heterocycles. The van der Waals surface area contributed by atoms with Gasteiger partial charge in [-0.2, -0.15) is 0 Å². The lowest BCUT2D eigenvalue weighted by Gasteiger charge is -2.34. The summed E-state index contributed by atoms with van der Waals surface area (Å²) in [6, 6.07) is 2.03. The highest BCUT2D eigenvalue weighted by Crippen LogP contribution is 2.19. The van der Waals surface area contributed by atoms with Gasteiger partial charge in [0.1, 0.15) is 18.0 Å². The number of nitrogens with zero attached hydrogens (tertiary/aromatic N) is 5. The van der Waals surface area contributed by atoms with Crippen LogP contribution in [0.1, 0.15) is 0 Å². The summed E-state index contributed by atoms with van der Waals surface area (Å²) < 4.78 is 5.36. The molecule has 2 fully saturated rings. The molecule has 0 saturated carbocycles. The van der Waals surface area contributed by atoms with E-state index in [1.54, 1.807) is 11.2 Å². The summed E-state index contributed by atoms with van der Waals surface area (Å²) in [5, 5.41) is 0. The van der Waals surface area contributed by atoms with Crippen molar-refractivity contribution in [3.05, 3.63) is 12.4 Å². The highest BCUT2D eigenvalue weighted by atomic mass is 16.5. The van der Waals surface area contributed by atoms with E-state index in [1.165, 1.54) is 0 Å². The minimum absolute atomic E-state index is 0.747. The number of carbonyl (C=O) groups excluding carboxylic acids is 1. The van der Waals surface area contributed by atoms with Crippen LogP contribution in [0.4, 0.5) is 11.6 Å². The maximum Gasteiger partial charge on any atom is 0.209 e. The molecule has 7 nitrogen and oxygen atoms in total. The average Bonchev–Trinajstić information content (AvgIpc) is 2.56. The molecular formula is C13H19N5O2. The molecule has 0 radical (unpaired) electrons. The second kappa shape index (κ2) is 6.04. The van der Waals surface area contributed by atoms with Crippen LogP contribution in [0, 0.1) is 0 Å². The molecule has 20 heavy (non-hydrogen) atoms. The smallest absolute Gasteiger partial charge is 0.209 e. The van der Waals surface area contributed by atoms with Crippen molar-refractivity contribution in [2.75, 3.05) is 62.3 Å². The molecule has 0 atom stereocenters. The van der Waals surface area contributed by atoms with Crippen LogP contribution < -0.4 is 9.80 Å². The van der Waals surface area contributed by atoms with Crippen molar-refractivity contribution in [1.82, 2.24) is 14.9 Å². The number of ether oxygens (including phenoxy) is 1. The second-order valence-corrected chi connectivity index (χ2v) is 4.96. The Bertz CT molecular complexity index is 456. The lowest BCUT2D eigenvalue weighted by molar-refractivity contribution is -0.118. The number of carbonyl (C=O) groups is 1. The van der Waals surface area contributed by atoms with Gasteiger partial charge in [0.25, 0.3) is 0 Å². The Hall–Kier alpha value is -1.89. The lowest BCUT2D eigenvalue weighted by atomic mass is 10.3. The minimum atomic E-state index is 0.747. The molecule has 2 aliphatic heterocycles. The third-order valence-electron chi connectivity index (χ3n) is 3.76. The van der Waals surface area contributed by atoms with Crippen LogP contribution in [0.5, 0.6) is 0 Å². The number of anilines is 2. The predicted octanol–water partition coefficient (Wildman–Crippen LogP) is -0.408. The number of rotatable bonds is 3. The molecule has 2 saturated heterocycles. The van der Waals surface area contributed by atoms with E-state index in [-0.39, 0.29) is 0 Å². The van der Waals surface area contributed by atoms with E-state index in [4.69, 9.17) is 4.74 Å². The lowest BCUT2D eigenvalue weighted by Crippen LogP contribution is -2.46. The van der Waals surface area contributed by atoms with Crippen LogP contribution in [0.25, 0.3) is 0 Å². The summed E-state index contributed by atoms with van der Waals surface area (Å²) in [7, 11) is 0. The quantitative estimate of drug-likeness (QED) is 0.700. The number of hydrogen-bond donors (Lipinski definition) is 0. The van der Waals surface area contributed by atoms with Gasteiger partial charge in [-0.15, -0.1) is 0 Å². The number of piperazine rings is 1. The minimum Gasteiger partial charge on any atom is -0.378 e. The van der Waals surface area contributed by atoms with Gasteiger partial charge in [0.15, 0.2) is 0 Å². The summed E-state index contributed by atoms with van der Waals surface area (Å²) in [5.41, 5.74) is 0. The topological polar surface area (TPSA) is 61.8 Å². The van der Waals surface area contributed by atoms with Crippen LogP contribution in [0.3, 0.4) is 0 Å². The second-order valence-electron chi connectivity index (χ2n) is 4.96. The predicted molar refractivity (Wildman–Crippen MR) is 74.9 cm³/mol.